The van der Waals surface area contributed by atoms with Crippen LogP contribution in [0, 0.1) is 11.3 Å². The van der Waals surface area contributed by atoms with Gasteiger partial charge in [0, 0.05) is 55.6 Å². The molecule has 5 rings (SSSR count). The maximum atomic E-state index is 13.1. The van der Waals surface area contributed by atoms with Gasteiger partial charge in [-0.1, -0.05) is 0 Å². The smallest absolute Gasteiger partial charge is 0.254 e. The van der Waals surface area contributed by atoms with E-state index in [-0.39, 0.29) is 23.8 Å². The number of amides is 1. The summed E-state index contributed by atoms with van der Waals surface area (Å²) in [7, 11) is 0. The second-order valence-electron chi connectivity index (χ2n) is 8.01. The number of benzene rings is 1. The molecule has 0 unspecified atom stereocenters. The van der Waals surface area contributed by atoms with Crippen molar-refractivity contribution in [3.8, 4) is 11.5 Å². The first-order valence-electron chi connectivity index (χ1n) is 9.66. The molecule has 2 aromatic rings. The molecule has 2 fully saturated rings. The molecule has 2 saturated heterocycles. The fourth-order valence-electron chi connectivity index (χ4n) is 4.76. The molecule has 3 aliphatic heterocycles. The highest BCUT2D eigenvalue weighted by Gasteiger charge is 2.53. The maximum absolute atomic E-state index is 13.1. The van der Waals surface area contributed by atoms with E-state index in [4.69, 9.17) is 9.47 Å². The number of nitrogens with zero attached hydrogens (tertiary/aromatic N) is 3. The van der Waals surface area contributed by atoms with Crippen molar-refractivity contribution in [2.24, 2.45) is 11.3 Å². The fraction of sp³-hybridized carbons (Fsp3) is 0.500. The number of rotatable bonds is 4. The number of carbonyl (C=O) groups is 1. The van der Waals surface area contributed by atoms with Gasteiger partial charge in [-0.3, -0.25) is 9.69 Å². The molecule has 0 saturated carbocycles. The summed E-state index contributed by atoms with van der Waals surface area (Å²) >= 11 is 0. The third kappa shape index (κ3) is 2.93. The van der Waals surface area contributed by atoms with Crippen molar-refractivity contribution < 1.29 is 19.4 Å². The van der Waals surface area contributed by atoms with Gasteiger partial charge in [-0.15, -0.1) is 0 Å². The summed E-state index contributed by atoms with van der Waals surface area (Å²) in [5.41, 5.74) is 1.41. The van der Waals surface area contributed by atoms with Gasteiger partial charge in [-0.2, -0.15) is 0 Å². The Hall–Kier alpha value is -2.58. The van der Waals surface area contributed by atoms with Crippen molar-refractivity contribution in [3.05, 3.63) is 42.0 Å². The normalized spacial score (nSPS) is 26.5. The molecule has 2 N–H and O–H groups in total. The highest BCUT2D eigenvalue weighted by Crippen LogP contribution is 2.43. The number of hydrogen-bond donors (Lipinski definition) is 2. The summed E-state index contributed by atoms with van der Waals surface area (Å²) in [6, 6.07) is 5.35. The van der Waals surface area contributed by atoms with Crippen molar-refractivity contribution >= 4 is 5.91 Å². The van der Waals surface area contributed by atoms with Gasteiger partial charge in [0.25, 0.3) is 5.91 Å². The minimum absolute atomic E-state index is 0.0145. The lowest BCUT2D eigenvalue weighted by Crippen LogP contribution is -2.38. The number of aromatic amines is 1. The van der Waals surface area contributed by atoms with Gasteiger partial charge >= 0.3 is 0 Å². The Balaban J connectivity index is 1.29. The van der Waals surface area contributed by atoms with Gasteiger partial charge in [-0.05, 0) is 24.1 Å². The van der Waals surface area contributed by atoms with E-state index in [1.807, 2.05) is 11.1 Å². The number of nitrogens with one attached hydrogen (secondary N) is 1. The zero-order chi connectivity index (χ0) is 19.1. The number of fused-ring (bicyclic) bond motifs is 2. The van der Waals surface area contributed by atoms with Gasteiger partial charge in [0.2, 0.25) is 0 Å². The van der Waals surface area contributed by atoms with Crippen LogP contribution >= 0.6 is 0 Å². The van der Waals surface area contributed by atoms with Crippen LogP contribution in [0.5, 0.6) is 11.5 Å². The first-order valence-corrected chi connectivity index (χ1v) is 9.66. The van der Waals surface area contributed by atoms with E-state index < -0.39 is 0 Å². The molecular formula is C20H24N4O4. The van der Waals surface area contributed by atoms with Crippen molar-refractivity contribution in [3.63, 3.8) is 0 Å². The van der Waals surface area contributed by atoms with Gasteiger partial charge in [0.1, 0.15) is 13.2 Å². The number of imidazole rings is 1. The second-order valence-corrected chi connectivity index (χ2v) is 8.01. The molecular weight excluding hydrogens is 360 g/mol. The minimum Gasteiger partial charge on any atom is -0.486 e. The Kier molecular flexibility index (Phi) is 4.25. The molecule has 2 atom stereocenters. The topological polar surface area (TPSA) is 90.9 Å². The van der Waals surface area contributed by atoms with Crippen LogP contribution in [0.1, 0.15) is 16.1 Å². The largest absolute Gasteiger partial charge is 0.486 e. The van der Waals surface area contributed by atoms with Gasteiger partial charge < -0.3 is 24.5 Å². The number of carbonyl (C=O) groups excluding carboxylic acids is 1. The molecule has 1 aromatic heterocycles. The maximum Gasteiger partial charge on any atom is 0.254 e. The lowest BCUT2D eigenvalue weighted by Gasteiger charge is -2.27. The zero-order valence-corrected chi connectivity index (χ0v) is 15.6. The van der Waals surface area contributed by atoms with Gasteiger partial charge in [0.15, 0.2) is 11.5 Å². The highest BCUT2D eigenvalue weighted by molar-refractivity contribution is 5.95. The molecule has 8 heteroatoms. The number of hydrogen-bond acceptors (Lipinski definition) is 6. The number of aliphatic hydroxyl groups is 1. The summed E-state index contributed by atoms with van der Waals surface area (Å²) in [6.45, 7) is 4.77. The first kappa shape index (κ1) is 17.5. The Morgan fingerprint density at radius 2 is 2.11 bits per heavy atom. The summed E-state index contributed by atoms with van der Waals surface area (Å²) in [6.07, 6.45) is 3.51. The monoisotopic (exact) mass is 384 g/mol. The van der Waals surface area contributed by atoms with E-state index >= 15 is 0 Å². The van der Waals surface area contributed by atoms with Crippen LogP contribution in [-0.4, -0.2) is 76.8 Å². The fourth-order valence-corrected chi connectivity index (χ4v) is 4.76. The van der Waals surface area contributed by atoms with Crippen molar-refractivity contribution in [1.29, 1.82) is 0 Å². The van der Waals surface area contributed by atoms with Crippen molar-refractivity contribution in [2.75, 3.05) is 46.0 Å². The molecule has 28 heavy (non-hydrogen) atoms. The predicted octanol–water partition coefficient (Wildman–Crippen LogP) is 0.747. The summed E-state index contributed by atoms with van der Waals surface area (Å²) in [5.74, 6) is 1.56. The SMILES string of the molecule is O=C(c1ccc2c(c1)OCCO2)N1C[C@@H]2CN(Cc3cnc[nH]3)C[C@]2(CO)C1. The second kappa shape index (κ2) is 6.79. The number of aromatic nitrogens is 2. The Morgan fingerprint density at radius 1 is 1.25 bits per heavy atom. The molecule has 0 bridgehead atoms. The van der Waals surface area contributed by atoms with Crippen LogP contribution in [0.3, 0.4) is 0 Å². The Morgan fingerprint density at radius 3 is 2.86 bits per heavy atom. The molecule has 0 radical (unpaired) electrons. The van der Waals surface area contributed by atoms with Crippen molar-refractivity contribution in [1.82, 2.24) is 19.8 Å². The molecule has 148 valence electrons. The lowest BCUT2D eigenvalue weighted by molar-refractivity contribution is 0.0717. The molecule has 4 heterocycles. The molecule has 1 aromatic carbocycles. The summed E-state index contributed by atoms with van der Waals surface area (Å²) in [5, 5.41) is 10.2. The van der Waals surface area contributed by atoms with Crippen LogP contribution in [0.25, 0.3) is 0 Å². The first-order chi connectivity index (χ1) is 13.7. The summed E-state index contributed by atoms with van der Waals surface area (Å²) < 4.78 is 11.1. The van der Waals surface area contributed by atoms with Crippen LogP contribution in [0.4, 0.5) is 0 Å². The van der Waals surface area contributed by atoms with Crippen LogP contribution in [-0.2, 0) is 6.54 Å². The van der Waals surface area contributed by atoms with Crippen molar-refractivity contribution in [2.45, 2.75) is 6.54 Å². The molecule has 8 nitrogen and oxygen atoms in total. The van der Waals surface area contributed by atoms with E-state index in [1.165, 1.54) is 0 Å². The van der Waals surface area contributed by atoms with Crippen LogP contribution in [0.15, 0.2) is 30.7 Å². The highest BCUT2D eigenvalue weighted by atomic mass is 16.6. The average molecular weight is 384 g/mol. The number of likely N-dealkylation sites (tertiary alicyclic amines) is 2. The van der Waals surface area contributed by atoms with E-state index in [1.54, 1.807) is 24.5 Å². The molecule has 3 aliphatic rings. The number of H-pyrrole nitrogens is 1. The summed E-state index contributed by atoms with van der Waals surface area (Å²) in [4.78, 5) is 24.5. The molecule has 1 amide bonds. The third-order valence-electron chi connectivity index (χ3n) is 6.17. The van der Waals surface area contributed by atoms with E-state index in [0.717, 1.165) is 25.3 Å². The lowest BCUT2D eigenvalue weighted by atomic mass is 9.82. The Labute approximate surface area is 163 Å². The van der Waals surface area contributed by atoms with E-state index in [2.05, 4.69) is 14.9 Å². The standard InChI is InChI=1S/C20H24N4O4/c25-12-20-10-23(9-16-6-21-13-22-16)7-15(20)8-24(11-20)19(26)14-1-2-17-18(5-14)28-4-3-27-17/h1-2,5-6,13,15,25H,3-4,7-12H2,(H,21,22)/t15-,20+/m0/s1. The van der Waals surface area contributed by atoms with Gasteiger partial charge in [-0.25, -0.2) is 4.98 Å². The van der Waals surface area contributed by atoms with E-state index in [0.29, 0.717) is 43.4 Å². The van der Waals surface area contributed by atoms with Crippen LogP contribution in [0.2, 0.25) is 0 Å². The van der Waals surface area contributed by atoms with Crippen LogP contribution < -0.4 is 9.47 Å². The Bertz CT molecular complexity index is 871. The van der Waals surface area contributed by atoms with Gasteiger partial charge in [0.05, 0.1) is 12.9 Å². The minimum atomic E-state index is -0.260. The number of aliphatic hydroxyl groups excluding tert-OH is 1. The predicted molar refractivity (Wildman–Crippen MR) is 100 cm³/mol. The molecule has 0 spiro atoms. The number of ether oxygens (including phenoxy) is 2. The average Bonchev–Trinajstić information content (AvgIpc) is 3.42. The quantitative estimate of drug-likeness (QED) is 0.808. The third-order valence-corrected chi connectivity index (χ3v) is 6.17. The van der Waals surface area contributed by atoms with E-state index in [9.17, 15) is 9.90 Å². The zero-order valence-electron chi connectivity index (χ0n) is 15.6. The molecule has 0 aliphatic carbocycles.